The number of hydrogen-bond donors (Lipinski definition) is 0. The van der Waals surface area contributed by atoms with Crippen molar-refractivity contribution in [2.75, 3.05) is 6.61 Å². The molecular weight excluding hydrogens is 152 g/mol. The van der Waals surface area contributed by atoms with Crippen molar-refractivity contribution in [2.45, 2.75) is 13.8 Å². The predicted molar refractivity (Wildman–Crippen MR) is 47.5 cm³/mol. The van der Waals surface area contributed by atoms with Crippen molar-refractivity contribution >= 4 is 6.29 Å². The molecule has 1 rings (SSSR count). The second-order valence-corrected chi connectivity index (χ2v) is 2.68. The van der Waals surface area contributed by atoms with Crippen molar-refractivity contribution in [3.05, 3.63) is 29.3 Å². The van der Waals surface area contributed by atoms with Crippen molar-refractivity contribution in [3.8, 4) is 5.75 Å². The molecule has 64 valence electrons. The zero-order chi connectivity index (χ0) is 8.97. The van der Waals surface area contributed by atoms with Gasteiger partial charge in [-0.2, -0.15) is 0 Å². The van der Waals surface area contributed by atoms with E-state index < -0.39 is 0 Å². The first-order valence-corrected chi connectivity index (χ1v) is 3.88. The zero-order valence-corrected chi connectivity index (χ0v) is 7.33. The van der Waals surface area contributed by atoms with E-state index in [1.807, 2.05) is 32.0 Å². The molecule has 0 bridgehead atoms. The maximum Gasteiger partial charge on any atom is 0.157 e. The van der Waals surface area contributed by atoms with E-state index in [1.165, 1.54) is 5.56 Å². The average molecular weight is 164 g/mol. The molecule has 0 amide bonds. The minimum Gasteiger partial charge on any atom is -0.486 e. The fraction of sp³-hybridized carbons (Fsp3) is 0.300. The fourth-order valence-corrected chi connectivity index (χ4v) is 1.00. The normalized spacial score (nSPS) is 9.50. The van der Waals surface area contributed by atoms with Gasteiger partial charge in [0.15, 0.2) is 6.29 Å². The topological polar surface area (TPSA) is 26.3 Å². The molecule has 0 atom stereocenters. The Morgan fingerprint density at radius 1 is 1.42 bits per heavy atom. The number of carbonyl (C=O) groups is 1. The third-order valence-corrected chi connectivity index (χ3v) is 1.86. The van der Waals surface area contributed by atoms with E-state index in [4.69, 9.17) is 4.74 Å². The lowest BCUT2D eigenvalue weighted by Gasteiger charge is -2.07. The van der Waals surface area contributed by atoms with E-state index in [2.05, 4.69) is 0 Å². The molecular formula is C10H12O2. The molecule has 0 aliphatic rings. The van der Waals surface area contributed by atoms with Crippen LogP contribution in [0, 0.1) is 13.8 Å². The first kappa shape index (κ1) is 8.78. The maximum absolute atomic E-state index is 10.0. The molecule has 0 radical (unpaired) electrons. The molecule has 0 N–H and O–H groups in total. The van der Waals surface area contributed by atoms with Gasteiger partial charge in [-0.05, 0) is 31.0 Å². The molecule has 0 unspecified atom stereocenters. The molecule has 0 spiro atoms. The van der Waals surface area contributed by atoms with Gasteiger partial charge in [-0.15, -0.1) is 0 Å². The monoisotopic (exact) mass is 164 g/mol. The minimum absolute atomic E-state index is 0.129. The highest BCUT2D eigenvalue weighted by molar-refractivity contribution is 5.52. The summed E-state index contributed by atoms with van der Waals surface area (Å²) >= 11 is 0. The molecule has 0 heterocycles. The van der Waals surface area contributed by atoms with Gasteiger partial charge >= 0.3 is 0 Å². The Labute approximate surface area is 72.2 Å². The van der Waals surface area contributed by atoms with E-state index in [-0.39, 0.29) is 6.61 Å². The molecule has 2 heteroatoms. The van der Waals surface area contributed by atoms with Crippen LogP contribution in [0.3, 0.4) is 0 Å². The highest BCUT2D eigenvalue weighted by atomic mass is 16.5. The summed E-state index contributed by atoms with van der Waals surface area (Å²) in [6, 6.07) is 5.80. The van der Waals surface area contributed by atoms with E-state index in [0.29, 0.717) is 0 Å². The van der Waals surface area contributed by atoms with Gasteiger partial charge in [0.05, 0.1) is 0 Å². The van der Waals surface area contributed by atoms with Gasteiger partial charge in [-0.1, -0.05) is 12.1 Å². The highest BCUT2D eigenvalue weighted by Crippen LogP contribution is 2.19. The number of rotatable bonds is 3. The van der Waals surface area contributed by atoms with E-state index >= 15 is 0 Å². The average Bonchev–Trinajstić information content (AvgIpc) is 2.08. The summed E-state index contributed by atoms with van der Waals surface area (Å²) < 4.78 is 5.20. The zero-order valence-electron chi connectivity index (χ0n) is 7.33. The molecule has 2 nitrogen and oxygen atoms in total. The standard InChI is InChI=1S/C10H12O2/c1-8-4-3-5-10(9(8)2)12-7-6-11/h3-6H,7H2,1-2H3. The lowest BCUT2D eigenvalue weighted by molar-refractivity contribution is -0.109. The molecule has 1 aromatic rings. The fourth-order valence-electron chi connectivity index (χ4n) is 1.00. The smallest absolute Gasteiger partial charge is 0.157 e. The van der Waals surface area contributed by atoms with Crippen LogP contribution in [0.2, 0.25) is 0 Å². The molecule has 0 aromatic heterocycles. The summed E-state index contributed by atoms with van der Waals surface area (Å²) in [4.78, 5) is 10.0. The van der Waals surface area contributed by atoms with Crippen LogP contribution in [0.5, 0.6) is 5.75 Å². The van der Waals surface area contributed by atoms with Crippen molar-refractivity contribution in [1.82, 2.24) is 0 Å². The molecule has 0 aliphatic heterocycles. The van der Waals surface area contributed by atoms with Gasteiger partial charge < -0.3 is 4.74 Å². The lowest BCUT2D eigenvalue weighted by atomic mass is 10.1. The van der Waals surface area contributed by atoms with Gasteiger partial charge in [0.1, 0.15) is 12.4 Å². The largest absolute Gasteiger partial charge is 0.486 e. The molecule has 12 heavy (non-hydrogen) atoms. The Kier molecular flexibility index (Phi) is 2.86. The third-order valence-electron chi connectivity index (χ3n) is 1.86. The minimum atomic E-state index is 0.129. The van der Waals surface area contributed by atoms with Crippen LogP contribution in [0.1, 0.15) is 11.1 Å². The summed E-state index contributed by atoms with van der Waals surface area (Å²) in [5.41, 5.74) is 2.28. The summed E-state index contributed by atoms with van der Waals surface area (Å²) in [7, 11) is 0. The summed E-state index contributed by atoms with van der Waals surface area (Å²) in [6.45, 7) is 4.13. The first-order valence-electron chi connectivity index (χ1n) is 3.88. The van der Waals surface area contributed by atoms with Crippen molar-refractivity contribution in [1.29, 1.82) is 0 Å². The number of aldehydes is 1. The van der Waals surface area contributed by atoms with E-state index in [0.717, 1.165) is 17.6 Å². The predicted octanol–water partition coefficient (Wildman–Crippen LogP) is 1.88. The van der Waals surface area contributed by atoms with Crippen LogP contribution in [0.15, 0.2) is 18.2 Å². The third kappa shape index (κ3) is 1.84. The molecule has 1 aromatic carbocycles. The summed E-state index contributed by atoms with van der Waals surface area (Å²) in [6.07, 6.45) is 0.752. The Bertz CT molecular complexity index is 279. The second kappa shape index (κ2) is 3.90. The Morgan fingerprint density at radius 3 is 2.83 bits per heavy atom. The van der Waals surface area contributed by atoms with Crippen LogP contribution < -0.4 is 4.74 Å². The van der Waals surface area contributed by atoms with E-state index in [9.17, 15) is 4.79 Å². The number of carbonyl (C=O) groups excluding carboxylic acids is 1. The quantitative estimate of drug-likeness (QED) is 0.637. The Morgan fingerprint density at radius 2 is 2.17 bits per heavy atom. The highest BCUT2D eigenvalue weighted by Gasteiger charge is 1.99. The number of aryl methyl sites for hydroxylation is 1. The second-order valence-electron chi connectivity index (χ2n) is 2.68. The van der Waals surface area contributed by atoms with Crippen LogP contribution >= 0.6 is 0 Å². The van der Waals surface area contributed by atoms with Gasteiger partial charge in [-0.25, -0.2) is 0 Å². The summed E-state index contributed by atoms with van der Waals surface area (Å²) in [5.74, 6) is 0.794. The van der Waals surface area contributed by atoms with Crippen LogP contribution in [0.25, 0.3) is 0 Å². The van der Waals surface area contributed by atoms with Crippen molar-refractivity contribution in [2.24, 2.45) is 0 Å². The summed E-state index contributed by atoms with van der Waals surface area (Å²) in [5, 5.41) is 0. The van der Waals surface area contributed by atoms with Crippen LogP contribution in [0.4, 0.5) is 0 Å². The van der Waals surface area contributed by atoms with Crippen molar-refractivity contribution < 1.29 is 9.53 Å². The van der Waals surface area contributed by atoms with Gasteiger partial charge in [0.2, 0.25) is 0 Å². The van der Waals surface area contributed by atoms with Gasteiger partial charge in [-0.3, -0.25) is 4.79 Å². The molecule has 0 aliphatic carbocycles. The molecule has 0 saturated heterocycles. The Hall–Kier alpha value is -1.31. The van der Waals surface area contributed by atoms with Crippen LogP contribution in [-0.4, -0.2) is 12.9 Å². The van der Waals surface area contributed by atoms with E-state index in [1.54, 1.807) is 0 Å². The van der Waals surface area contributed by atoms with Gasteiger partial charge in [0.25, 0.3) is 0 Å². The SMILES string of the molecule is Cc1cccc(OCC=O)c1C. The number of hydrogen-bond acceptors (Lipinski definition) is 2. The Balaban J connectivity index is 2.84. The van der Waals surface area contributed by atoms with Crippen LogP contribution in [-0.2, 0) is 4.79 Å². The number of ether oxygens (including phenoxy) is 1. The lowest BCUT2D eigenvalue weighted by Crippen LogP contribution is -1.99. The number of benzene rings is 1. The van der Waals surface area contributed by atoms with Gasteiger partial charge in [0, 0.05) is 0 Å². The van der Waals surface area contributed by atoms with Crippen molar-refractivity contribution in [3.63, 3.8) is 0 Å². The maximum atomic E-state index is 10.0. The molecule has 0 fully saturated rings. The first-order chi connectivity index (χ1) is 5.75. The molecule has 0 saturated carbocycles.